The van der Waals surface area contributed by atoms with Crippen molar-refractivity contribution in [2.75, 3.05) is 5.32 Å². The molecule has 0 unspecified atom stereocenters. The first-order valence-electron chi connectivity index (χ1n) is 6.95. The van der Waals surface area contributed by atoms with Crippen molar-refractivity contribution in [2.24, 2.45) is 0 Å². The van der Waals surface area contributed by atoms with Crippen LogP contribution >= 0.6 is 0 Å². The van der Waals surface area contributed by atoms with Gasteiger partial charge in [0.2, 0.25) is 0 Å². The molecule has 22 heavy (non-hydrogen) atoms. The third kappa shape index (κ3) is 2.63. The molecule has 5 heteroatoms. The van der Waals surface area contributed by atoms with E-state index in [2.05, 4.69) is 26.1 Å². The number of hydrogen-bond acceptors (Lipinski definition) is 2. The van der Waals surface area contributed by atoms with E-state index < -0.39 is 11.7 Å². The van der Waals surface area contributed by atoms with Crippen molar-refractivity contribution in [3.8, 4) is 11.5 Å². The number of anilines is 2. The molecule has 0 aliphatic carbocycles. The molecule has 2 aromatic carbocycles. The number of rotatable bonds is 0. The molecule has 0 bridgehead atoms. The molecule has 0 atom stereocenters. The summed E-state index contributed by atoms with van der Waals surface area (Å²) in [4.78, 5) is 0. The zero-order valence-corrected chi connectivity index (χ0v) is 12.5. The topological polar surface area (TPSA) is 21.3 Å². The van der Waals surface area contributed by atoms with Crippen molar-refractivity contribution in [2.45, 2.75) is 32.4 Å². The fraction of sp³-hybridized carbons (Fsp3) is 0.294. The van der Waals surface area contributed by atoms with Crippen LogP contribution in [-0.2, 0) is 11.6 Å². The maximum absolute atomic E-state index is 12.8. The smallest absolute Gasteiger partial charge is 0.416 e. The van der Waals surface area contributed by atoms with Gasteiger partial charge in [0.25, 0.3) is 0 Å². The predicted octanol–water partition coefficient (Wildman–Crippen LogP) is 5.85. The van der Waals surface area contributed by atoms with Gasteiger partial charge < -0.3 is 10.1 Å². The normalized spacial score (nSPS) is 13.7. The quantitative estimate of drug-likeness (QED) is 0.562. The first kappa shape index (κ1) is 14.8. The highest BCUT2D eigenvalue weighted by Gasteiger charge is 2.32. The Kier molecular flexibility index (Phi) is 3.13. The Morgan fingerprint density at radius 3 is 1.82 bits per heavy atom. The molecular formula is C17H16F3NO. The van der Waals surface area contributed by atoms with Crippen molar-refractivity contribution in [3.63, 3.8) is 0 Å². The number of halogens is 3. The Bertz CT molecular complexity index is 668. The van der Waals surface area contributed by atoms with E-state index in [9.17, 15) is 13.2 Å². The minimum atomic E-state index is -4.38. The van der Waals surface area contributed by atoms with E-state index >= 15 is 0 Å². The predicted molar refractivity (Wildman–Crippen MR) is 79.9 cm³/mol. The van der Waals surface area contributed by atoms with Crippen LogP contribution in [0.25, 0.3) is 0 Å². The largest absolute Gasteiger partial charge is 0.453 e. The summed E-state index contributed by atoms with van der Waals surface area (Å²) in [5.41, 5.74) is 1.56. The lowest BCUT2D eigenvalue weighted by Crippen LogP contribution is -2.12. The Hall–Kier alpha value is -2.17. The van der Waals surface area contributed by atoms with Gasteiger partial charge >= 0.3 is 6.18 Å². The van der Waals surface area contributed by atoms with Crippen molar-refractivity contribution in [1.82, 2.24) is 0 Å². The molecule has 3 rings (SSSR count). The summed E-state index contributed by atoms with van der Waals surface area (Å²) < 4.78 is 44.1. The molecule has 1 aliphatic rings. The van der Waals surface area contributed by atoms with Gasteiger partial charge in [-0.1, -0.05) is 26.8 Å². The standard InChI is InChI=1S/C17H16F3NO/c1-16(2,3)10-4-6-12-14(8-10)22-15-9-11(17(18,19)20)5-7-13(15)21-12/h4-9,21H,1-3H3. The molecule has 1 aliphatic heterocycles. The van der Waals surface area contributed by atoms with E-state index in [1.165, 1.54) is 6.07 Å². The van der Waals surface area contributed by atoms with Crippen LogP contribution in [-0.4, -0.2) is 0 Å². The van der Waals surface area contributed by atoms with Crippen LogP contribution in [0.2, 0.25) is 0 Å². The first-order chi connectivity index (χ1) is 10.1. The second-order valence-electron chi connectivity index (χ2n) is 6.40. The highest BCUT2D eigenvalue weighted by atomic mass is 19.4. The SMILES string of the molecule is CC(C)(C)c1ccc2c(c1)Oc1cc(C(F)(F)F)ccc1N2. The monoisotopic (exact) mass is 307 g/mol. The molecule has 0 spiro atoms. The minimum absolute atomic E-state index is 0.0630. The van der Waals surface area contributed by atoms with E-state index in [4.69, 9.17) is 4.74 Å². The lowest BCUT2D eigenvalue weighted by Gasteiger charge is -2.26. The van der Waals surface area contributed by atoms with Gasteiger partial charge in [-0.05, 0) is 41.3 Å². The molecule has 1 N–H and O–H groups in total. The first-order valence-corrected chi connectivity index (χ1v) is 6.95. The van der Waals surface area contributed by atoms with Crippen LogP contribution < -0.4 is 10.1 Å². The van der Waals surface area contributed by atoms with E-state index in [1.807, 2.05) is 18.2 Å². The number of nitrogens with one attached hydrogen (secondary N) is 1. The molecule has 116 valence electrons. The average Bonchev–Trinajstić information content (AvgIpc) is 2.41. The number of alkyl halides is 3. The van der Waals surface area contributed by atoms with E-state index in [0.717, 1.165) is 23.4 Å². The molecule has 0 fully saturated rings. The summed E-state index contributed by atoms with van der Waals surface area (Å²) in [6.07, 6.45) is -4.38. The minimum Gasteiger partial charge on any atom is -0.453 e. The molecule has 0 aromatic heterocycles. The van der Waals surface area contributed by atoms with Gasteiger partial charge in [-0.25, -0.2) is 0 Å². The van der Waals surface area contributed by atoms with Gasteiger partial charge in [0.15, 0.2) is 11.5 Å². The van der Waals surface area contributed by atoms with Crippen LogP contribution in [0.15, 0.2) is 36.4 Å². The molecule has 0 radical (unpaired) electrons. The van der Waals surface area contributed by atoms with Crippen molar-refractivity contribution in [1.29, 1.82) is 0 Å². The molecule has 0 amide bonds. The average molecular weight is 307 g/mol. The number of ether oxygens (including phenoxy) is 1. The fourth-order valence-electron chi connectivity index (χ4n) is 2.33. The Morgan fingerprint density at radius 1 is 0.818 bits per heavy atom. The van der Waals surface area contributed by atoms with Gasteiger partial charge in [0, 0.05) is 0 Å². The third-order valence-corrected chi connectivity index (χ3v) is 3.65. The summed E-state index contributed by atoms with van der Waals surface area (Å²) >= 11 is 0. The van der Waals surface area contributed by atoms with E-state index in [1.54, 1.807) is 0 Å². The Labute approximate surface area is 126 Å². The summed E-state index contributed by atoms with van der Waals surface area (Å²) in [6.45, 7) is 6.21. The molecule has 0 saturated heterocycles. The number of fused-ring (bicyclic) bond motifs is 2. The van der Waals surface area contributed by atoms with E-state index in [-0.39, 0.29) is 11.2 Å². The van der Waals surface area contributed by atoms with Crippen LogP contribution in [0.4, 0.5) is 24.5 Å². The second-order valence-corrected chi connectivity index (χ2v) is 6.40. The molecular weight excluding hydrogens is 291 g/mol. The maximum atomic E-state index is 12.8. The Balaban J connectivity index is 2.00. The van der Waals surface area contributed by atoms with Gasteiger partial charge in [-0.2, -0.15) is 13.2 Å². The highest BCUT2D eigenvalue weighted by Crippen LogP contribution is 2.45. The van der Waals surface area contributed by atoms with Crippen molar-refractivity contribution >= 4 is 11.4 Å². The third-order valence-electron chi connectivity index (χ3n) is 3.65. The Morgan fingerprint density at radius 2 is 1.32 bits per heavy atom. The molecule has 2 aromatic rings. The summed E-state index contributed by atoms with van der Waals surface area (Å²) in [5, 5.41) is 3.11. The van der Waals surface area contributed by atoms with Gasteiger partial charge in [-0.3, -0.25) is 0 Å². The number of hydrogen-bond donors (Lipinski definition) is 1. The fourth-order valence-corrected chi connectivity index (χ4v) is 2.33. The van der Waals surface area contributed by atoms with Crippen LogP contribution in [0.1, 0.15) is 31.9 Å². The summed E-state index contributed by atoms with van der Waals surface area (Å²) in [6, 6.07) is 9.20. The van der Waals surface area contributed by atoms with Gasteiger partial charge in [-0.15, -0.1) is 0 Å². The van der Waals surface area contributed by atoms with E-state index in [0.29, 0.717) is 11.4 Å². The second kappa shape index (κ2) is 4.66. The van der Waals surface area contributed by atoms with Gasteiger partial charge in [0.05, 0.1) is 16.9 Å². The molecule has 1 heterocycles. The summed E-state index contributed by atoms with van der Waals surface area (Å²) in [5.74, 6) is 0.729. The zero-order valence-electron chi connectivity index (χ0n) is 12.5. The summed E-state index contributed by atoms with van der Waals surface area (Å²) in [7, 11) is 0. The maximum Gasteiger partial charge on any atom is 0.416 e. The van der Waals surface area contributed by atoms with Crippen LogP contribution in [0.3, 0.4) is 0 Å². The van der Waals surface area contributed by atoms with Crippen molar-refractivity contribution < 1.29 is 17.9 Å². The molecule has 2 nitrogen and oxygen atoms in total. The zero-order chi connectivity index (χ0) is 16.1. The highest BCUT2D eigenvalue weighted by molar-refractivity contribution is 5.76. The lowest BCUT2D eigenvalue weighted by molar-refractivity contribution is -0.137. The number of benzene rings is 2. The lowest BCUT2D eigenvalue weighted by atomic mass is 9.87. The van der Waals surface area contributed by atoms with Gasteiger partial charge in [0.1, 0.15) is 0 Å². The van der Waals surface area contributed by atoms with Crippen molar-refractivity contribution in [3.05, 3.63) is 47.5 Å². The molecule has 0 saturated carbocycles. The van der Waals surface area contributed by atoms with Crippen LogP contribution in [0.5, 0.6) is 11.5 Å². The van der Waals surface area contributed by atoms with Crippen LogP contribution in [0, 0.1) is 0 Å².